The highest BCUT2D eigenvalue weighted by molar-refractivity contribution is 5.51. The minimum Gasteiger partial charge on any atom is -0.496 e. The average Bonchev–Trinajstić information content (AvgIpc) is 2.47. The quantitative estimate of drug-likeness (QED) is 0.884. The molecule has 2 rings (SSSR count). The fourth-order valence-electron chi connectivity index (χ4n) is 3.11. The van der Waals surface area contributed by atoms with Crippen LogP contribution in [0.15, 0.2) is 42.5 Å². The van der Waals surface area contributed by atoms with Gasteiger partial charge in [-0.15, -0.1) is 0 Å². The van der Waals surface area contributed by atoms with Crippen LogP contribution >= 0.6 is 0 Å². The molecule has 0 aromatic heterocycles. The predicted octanol–water partition coefficient (Wildman–Crippen LogP) is 4.35. The van der Waals surface area contributed by atoms with Crippen molar-refractivity contribution in [2.75, 3.05) is 7.11 Å². The van der Waals surface area contributed by atoms with Gasteiger partial charge < -0.3 is 9.84 Å². The summed E-state index contributed by atoms with van der Waals surface area (Å²) in [6, 6.07) is 13.9. The molecule has 2 aromatic carbocycles. The SMILES string of the molecule is CCCC(O)(c1ccccc1)c1c(C)cc(C)cc1OC. The molecule has 0 aliphatic carbocycles. The zero-order valence-corrected chi connectivity index (χ0v) is 13.3. The molecule has 0 spiro atoms. The van der Waals surface area contributed by atoms with Crippen LogP contribution in [0.2, 0.25) is 0 Å². The molecule has 0 saturated carbocycles. The normalized spacial score (nSPS) is 13.8. The van der Waals surface area contributed by atoms with Crippen LogP contribution in [0.25, 0.3) is 0 Å². The van der Waals surface area contributed by atoms with Gasteiger partial charge in [-0.3, -0.25) is 0 Å². The van der Waals surface area contributed by atoms with Gasteiger partial charge in [0.15, 0.2) is 0 Å². The first-order chi connectivity index (χ1) is 10.0. The van der Waals surface area contributed by atoms with Crippen LogP contribution < -0.4 is 4.74 Å². The van der Waals surface area contributed by atoms with E-state index in [1.807, 2.05) is 50.2 Å². The molecule has 0 bridgehead atoms. The Balaban J connectivity index is 2.69. The van der Waals surface area contributed by atoms with Crippen molar-refractivity contribution in [3.05, 3.63) is 64.7 Å². The van der Waals surface area contributed by atoms with E-state index in [-0.39, 0.29) is 0 Å². The Hall–Kier alpha value is -1.80. The van der Waals surface area contributed by atoms with Crippen LogP contribution in [-0.2, 0) is 5.60 Å². The zero-order valence-electron chi connectivity index (χ0n) is 13.3. The van der Waals surface area contributed by atoms with E-state index >= 15 is 0 Å². The second kappa shape index (κ2) is 6.31. The van der Waals surface area contributed by atoms with Gasteiger partial charge in [0.05, 0.1) is 7.11 Å². The molecule has 1 unspecified atom stereocenters. The van der Waals surface area contributed by atoms with Crippen LogP contribution in [0.3, 0.4) is 0 Å². The Kier molecular flexibility index (Phi) is 4.69. The Morgan fingerprint density at radius 1 is 1.10 bits per heavy atom. The summed E-state index contributed by atoms with van der Waals surface area (Å²) in [6.45, 7) is 6.17. The third-order valence-electron chi connectivity index (χ3n) is 3.94. The summed E-state index contributed by atoms with van der Waals surface area (Å²) < 4.78 is 5.56. The van der Waals surface area contributed by atoms with Gasteiger partial charge in [-0.05, 0) is 43.0 Å². The number of benzene rings is 2. The Labute approximate surface area is 127 Å². The molecule has 112 valence electrons. The Morgan fingerprint density at radius 2 is 1.76 bits per heavy atom. The lowest BCUT2D eigenvalue weighted by molar-refractivity contribution is 0.0667. The Bertz CT molecular complexity index is 604. The lowest BCUT2D eigenvalue weighted by atomic mass is 9.79. The number of hydrogen-bond donors (Lipinski definition) is 1. The van der Waals surface area contributed by atoms with E-state index in [2.05, 4.69) is 13.0 Å². The lowest BCUT2D eigenvalue weighted by Crippen LogP contribution is -2.29. The number of rotatable bonds is 5. The van der Waals surface area contributed by atoms with Gasteiger partial charge in [-0.25, -0.2) is 0 Å². The fraction of sp³-hybridized carbons (Fsp3) is 0.368. The van der Waals surface area contributed by atoms with E-state index in [9.17, 15) is 5.11 Å². The van der Waals surface area contributed by atoms with Gasteiger partial charge in [0, 0.05) is 5.56 Å². The summed E-state index contributed by atoms with van der Waals surface area (Å²) >= 11 is 0. The predicted molar refractivity (Wildman–Crippen MR) is 86.8 cm³/mol. The standard InChI is InChI=1S/C19H24O2/c1-5-11-19(20,16-9-7-6-8-10-16)18-15(3)12-14(2)13-17(18)21-4/h6-10,12-13,20H,5,11H2,1-4H3. The molecule has 0 radical (unpaired) electrons. The number of hydrogen-bond acceptors (Lipinski definition) is 2. The summed E-state index contributed by atoms with van der Waals surface area (Å²) in [6.07, 6.45) is 1.55. The minimum atomic E-state index is -1.01. The van der Waals surface area contributed by atoms with Crippen molar-refractivity contribution < 1.29 is 9.84 Å². The molecule has 0 heterocycles. The molecule has 0 fully saturated rings. The lowest BCUT2D eigenvalue weighted by Gasteiger charge is -2.32. The van der Waals surface area contributed by atoms with Crippen LogP contribution in [0.5, 0.6) is 5.75 Å². The number of aryl methyl sites for hydroxylation is 2. The summed E-state index contributed by atoms with van der Waals surface area (Å²) in [5.74, 6) is 0.757. The molecule has 2 aromatic rings. The zero-order chi connectivity index (χ0) is 15.5. The van der Waals surface area contributed by atoms with Crippen molar-refractivity contribution in [1.29, 1.82) is 0 Å². The third-order valence-corrected chi connectivity index (χ3v) is 3.94. The topological polar surface area (TPSA) is 29.5 Å². The molecule has 21 heavy (non-hydrogen) atoms. The van der Waals surface area contributed by atoms with Gasteiger partial charge in [0.25, 0.3) is 0 Å². The monoisotopic (exact) mass is 284 g/mol. The smallest absolute Gasteiger partial charge is 0.125 e. The molecule has 0 amide bonds. The highest BCUT2D eigenvalue weighted by Crippen LogP contribution is 2.41. The van der Waals surface area contributed by atoms with Crippen LogP contribution in [-0.4, -0.2) is 12.2 Å². The van der Waals surface area contributed by atoms with Gasteiger partial charge in [0.2, 0.25) is 0 Å². The molecule has 1 atom stereocenters. The molecule has 2 heteroatoms. The van der Waals surface area contributed by atoms with Crippen LogP contribution in [0.1, 0.15) is 42.0 Å². The number of ether oxygens (including phenoxy) is 1. The van der Waals surface area contributed by atoms with E-state index in [0.717, 1.165) is 34.4 Å². The highest BCUT2D eigenvalue weighted by Gasteiger charge is 2.34. The van der Waals surface area contributed by atoms with Crippen LogP contribution in [0.4, 0.5) is 0 Å². The Morgan fingerprint density at radius 3 is 2.33 bits per heavy atom. The molecule has 0 aliphatic rings. The second-order valence-electron chi connectivity index (χ2n) is 5.64. The number of methoxy groups -OCH3 is 1. The maximum Gasteiger partial charge on any atom is 0.125 e. The molecular weight excluding hydrogens is 260 g/mol. The summed E-state index contributed by atoms with van der Waals surface area (Å²) in [5.41, 5.74) is 2.98. The van der Waals surface area contributed by atoms with Gasteiger partial charge in [0.1, 0.15) is 11.4 Å². The third kappa shape index (κ3) is 2.96. The van der Waals surface area contributed by atoms with Crippen molar-refractivity contribution in [2.24, 2.45) is 0 Å². The van der Waals surface area contributed by atoms with Crippen molar-refractivity contribution in [2.45, 2.75) is 39.2 Å². The first-order valence-corrected chi connectivity index (χ1v) is 7.46. The molecule has 0 aliphatic heterocycles. The highest BCUT2D eigenvalue weighted by atomic mass is 16.5. The summed E-state index contributed by atoms with van der Waals surface area (Å²) in [7, 11) is 1.66. The fourth-order valence-corrected chi connectivity index (χ4v) is 3.11. The molecular formula is C19H24O2. The second-order valence-corrected chi connectivity index (χ2v) is 5.64. The first-order valence-electron chi connectivity index (χ1n) is 7.46. The van der Waals surface area contributed by atoms with E-state index < -0.39 is 5.60 Å². The van der Waals surface area contributed by atoms with Gasteiger partial charge >= 0.3 is 0 Å². The largest absolute Gasteiger partial charge is 0.496 e. The van der Waals surface area contributed by atoms with Gasteiger partial charge in [-0.2, -0.15) is 0 Å². The summed E-state index contributed by atoms with van der Waals surface area (Å²) in [5, 5.41) is 11.5. The minimum absolute atomic E-state index is 0.664. The maximum absolute atomic E-state index is 11.5. The van der Waals surface area contributed by atoms with E-state index in [4.69, 9.17) is 4.74 Å². The van der Waals surface area contributed by atoms with Crippen LogP contribution in [0, 0.1) is 13.8 Å². The van der Waals surface area contributed by atoms with Crippen molar-refractivity contribution >= 4 is 0 Å². The molecule has 1 N–H and O–H groups in total. The van der Waals surface area contributed by atoms with E-state index in [1.54, 1.807) is 7.11 Å². The van der Waals surface area contributed by atoms with Gasteiger partial charge in [-0.1, -0.05) is 49.7 Å². The molecule has 2 nitrogen and oxygen atoms in total. The summed E-state index contributed by atoms with van der Waals surface area (Å²) in [4.78, 5) is 0. The number of aliphatic hydroxyl groups is 1. The maximum atomic E-state index is 11.5. The average molecular weight is 284 g/mol. The van der Waals surface area contributed by atoms with E-state index in [0.29, 0.717) is 6.42 Å². The van der Waals surface area contributed by atoms with Crippen molar-refractivity contribution in [3.8, 4) is 5.75 Å². The van der Waals surface area contributed by atoms with Crippen molar-refractivity contribution in [1.82, 2.24) is 0 Å². The first kappa shape index (κ1) is 15.6. The van der Waals surface area contributed by atoms with E-state index in [1.165, 1.54) is 0 Å². The van der Waals surface area contributed by atoms with Crippen molar-refractivity contribution in [3.63, 3.8) is 0 Å². The molecule has 0 saturated heterocycles.